The number of hydrogen-bond donors (Lipinski definition) is 1. The van der Waals surface area contributed by atoms with Crippen LogP contribution in [0.4, 0.5) is 5.69 Å². The Hall–Kier alpha value is -1.82. The molecule has 0 radical (unpaired) electrons. The van der Waals surface area contributed by atoms with E-state index in [9.17, 15) is 10.1 Å². The third-order valence-electron chi connectivity index (χ3n) is 3.42. The summed E-state index contributed by atoms with van der Waals surface area (Å²) >= 11 is 0. The first-order valence-electron chi connectivity index (χ1n) is 7.19. The maximum absolute atomic E-state index is 11.3. The van der Waals surface area contributed by atoms with Crippen LogP contribution in [0.1, 0.15) is 32.3 Å². The molecule has 0 spiro atoms. The van der Waals surface area contributed by atoms with Gasteiger partial charge in [0.05, 0.1) is 25.2 Å². The Morgan fingerprint density at radius 2 is 1.86 bits per heavy atom. The van der Waals surface area contributed by atoms with Crippen molar-refractivity contribution in [2.75, 3.05) is 20.8 Å². The van der Waals surface area contributed by atoms with Gasteiger partial charge in [-0.1, -0.05) is 13.8 Å². The van der Waals surface area contributed by atoms with E-state index in [1.807, 2.05) is 0 Å². The molecule has 0 bridgehead atoms. The molecule has 0 aliphatic carbocycles. The highest BCUT2D eigenvalue weighted by atomic mass is 16.6. The van der Waals surface area contributed by atoms with Crippen LogP contribution in [-0.2, 0) is 6.42 Å². The average Bonchev–Trinajstić information content (AvgIpc) is 2.50. The predicted octanol–water partition coefficient (Wildman–Crippen LogP) is 2.93. The maximum Gasteiger partial charge on any atom is 0.276 e. The van der Waals surface area contributed by atoms with Gasteiger partial charge in [-0.15, -0.1) is 0 Å². The van der Waals surface area contributed by atoms with Gasteiger partial charge >= 0.3 is 0 Å². The molecule has 118 valence electrons. The number of benzene rings is 1. The van der Waals surface area contributed by atoms with E-state index < -0.39 is 0 Å². The van der Waals surface area contributed by atoms with Crippen molar-refractivity contribution in [3.63, 3.8) is 0 Å². The topological polar surface area (TPSA) is 73.6 Å². The van der Waals surface area contributed by atoms with E-state index in [2.05, 4.69) is 19.2 Å². The lowest BCUT2D eigenvalue weighted by Crippen LogP contribution is -2.31. The van der Waals surface area contributed by atoms with Gasteiger partial charge in [0.2, 0.25) is 0 Å². The van der Waals surface area contributed by atoms with Crippen molar-refractivity contribution in [1.82, 2.24) is 5.32 Å². The van der Waals surface area contributed by atoms with Crippen molar-refractivity contribution in [3.05, 3.63) is 27.8 Å². The predicted molar refractivity (Wildman–Crippen MR) is 82.3 cm³/mol. The lowest BCUT2D eigenvalue weighted by molar-refractivity contribution is -0.385. The van der Waals surface area contributed by atoms with Gasteiger partial charge in [-0.05, 0) is 31.9 Å². The quantitative estimate of drug-likeness (QED) is 0.560. The summed E-state index contributed by atoms with van der Waals surface area (Å²) in [6, 6.07) is 3.34. The van der Waals surface area contributed by atoms with E-state index in [4.69, 9.17) is 9.47 Å². The van der Waals surface area contributed by atoms with Crippen LogP contribution < -0.4 is 14.8 Å². The molecule has 0 aliphatic heterocycles. The molecular formula is C15H24N2O4. The molecule has 1 N–H and O–H groups in total. The van der Waals surface area contributed by atoms with Crippen LogP contribution in [0.15, 0.2) is 12.1 Å². The summed E-state index contributed by atoms with van der Waals surface area (Å²) < 4.78 is 10.4. The van der Waals surface area contributed by atoms with Gasteiger partial charge < -0.3 is 14.8 Å². The van der Waals surface area contributed by atoms with Crippen molar-refractivity contribution in [3.8, 4) is 11.5 Å². The molecule has 0 saturated carbocycles. The summed E-state index contributed by atoms with van der Waals surface area (Å²) in [6.45, 7) is 5.07. The molecule has 1 atom stereocenters. The highest BCUT2D eigenvalue weighted by molar-refractivity contribution is 5.54. The molecule has 6 heteroatoms. The van der Waals surface area contributed by atoms with Crippen LogP contribution >= 0.6 is 0 Å². The minimum atomic E-state index is -0.371. The number of ether oxygens (including phenoxy) is 2. The highest BCUT2D eigenvalue weighted by Gasteiger charge is 2.21. The fraction of sp³-hybridized carbons (Fsp3) is 0.600. The van der Waals surface area contributed by atoms with Crippen molar-refractivity contribution in [2.45, 2.75) is 39.2 Å². The maximum atomic E-state index is 11.3. The van der Waals surface area contributed by atoms with Gasteiger partial charge in [0.25, 0.3) is 5.69 Å². The number of nitrogens with one attached hydrogen (secondary N) is 1. The van der Waals surface area contributed by atoms with Crippen LogP contribution in [0.3, 0.4) is 0 Å². The first kappa shape index (κ1) is 17.2. The first-order chi connectivity index (χ1) is 10.1. The number of methoxy groups -OCH3 is 2. The molecule has 6 nitrogen and oxygen atoms in total. The second-order valence-electron chi connectivity index (χ2n) is 4.86. The molecule has 0 aliphatic rings. The van der Waals surface area contributed by atoms with E-state index in [0.29, 0.717) is 23.5 Å². The lowest BCUT2D eigenvalue weighted by atomic mass is 10.0. The molecule has 1 aromatic rings. The molecule has 1 rings (SSSR count). The van der Waals surface area contributed by atoms with E-state index in [0.717, 1.165) is 19.4 Å². The molecule has 1 aromatic carbocycles. The van der Waals surface area contributed by atoms with Crippen LogP contribution in [0.25, 0.3) is 0 Å². The van der Waals surface area contributed by atoms with Crippen LogP contribution in [0.5, 0.6) is 11.5 Å². The van der Waals surface area contributed by atoms with Gasteiger partial charge in [0, 0.05) is 11.6 Å². The number of hydrogen-bond acceptors (Lipinski definition) is 5. The molecule has 0 saturated heterocycles. The largest absolute Gasteiger partial charge is 0.493 e. The summed E-state index contributed by atoms with van der Waals surface area (Å²) in [4.78, 5) is 10.9. The van der Waals surface area contributed by atoms with Crippen molar-refractivity contribution in [2.24, 2.45) is 0 Å². The zero-order valence-corrected chi connectivity index (χ0v) is 13.1. The fourth-order valence-electron chi connectivity index (χ4n) is 2.22. The molecular weight excluding hydrogens is 272 g/mol. The number of nitrogens with zero attached hydrogens (tertiary/aromatic N) is 1. The van der Waals surface area contributed by atoms with Crippen molar-refractivity contribution in [1.29, 1.82) is 0 Å². The Kier molecular flexibility index (Phi) is 6.94. The van der Waals surface area contributed by atoms with Crippen molar-refractivity contribution >= 4 is 5.69 Å². The summed E-state index contributed by atoms with van der Waals surface area (Å²) in [5, 5.41) is 14.7. The van der Waals surface area contributed by atoms with E-state index in [1.165, 1.54) is 20.3 Å². The summed E-state index contributed by atoms with van der Waals surface area (Å²) in [5.74, 6) is 0.894. The summed E-state index contributed by atoms with van der Waals surface area (Å²) in [5.41, 5.74) is 0.734. The summed E-state index contributed by atoms with van der Waals surface area (Å²) in [6.07, 6.45) is 2.53. The second-order valence-corrected chi connectivity index (χ2v) is 4.86. The average molecular weight is 296 g/mol. The number of nitro benzene ring substituents is 1. The minimum Gasteiger partial charge on any atom is -0.493 e. The third-order valence-corrected chi connectivity index (χ3v) is 3.42. The van der Waals surface area contributed by atoms with E-state index in [-0.39, 0.29) is 16.7 Å². The fourth-order valence-corrected chi connectivity index (χ4v) is 2.22. The molecule has 0 aromatic heterocycles. The zero-order chi connectivity index (χ0) is 15.8. The van der Waals surface area contributed by atoms with E-state index >= 15 is 0 Å². The van der Waals surface area contributed by atoms with Gasteiger partial charge in [-0.2, -0.15) is 0 Å². The monoisotopic (exact) mass is 296 g/mol. The van der Waals surface area contributed by atoms with E-state index in [1.54, 1.807) is 6.07 Å². The third kappa shape index (κ3) is 4.60. The number of nitro groups is 1. The molecule has 1 unspecified atom stereocenters. The van der Waals surface area contributed by atoms with Crippen LogP contribution in [0, 0.1) is 10.1 Å². The Labute approximate surface area is 125 Å². The minimum absolute atomic E-state index is 0.0735. The normalized spacial score (nSPS) is 12.0. The lowest BCUT2D eigenvalue weighted by Gasteiger charge is -2.17. The Morgan fingerprint density at radius 3 is 2.33 bits per heavy atom. The van der Waals surface area contributed by atoms with Gasteiger partial charge in [0.15, 0.2) is 11.5 Å². The molecule has 0 amide bonds. The molecule has 21 heavy (non-hydrogen) atoms. The molecule has 0 fully saturated rings. The van der Waals surface area contributed by atoms with Crippen molar-refractivity contribution < 1.29 is 14.4 Å². The van der Waals surface area contributed by atoms with Crippen LogP contribution in [-0.4, -0.2) is 31.7 Å². The first-order valence-corrected chi connectivity index (χ1v) is 7.19. The smallest absolute Gasteiger partial charge is 0.276 e. The van der Waals surface area contributed by atoms with Crippen LogP contribution in [0.2, 0.25) is 0 Å². The highest BCUT2D eigenvalue weighted by Crippen LogP contribution is 2.35. The Balaban J connectivity index is 3.10. The van der Waals surface area contributed by atoms with Gasteiger partial charge in [0.1, 0.15) is 0 Å². The van der Waals surface area contributed by atoms with Gasteiger partial charge in [-0.3, -0.25) is 10.1 Å². The standard InChI is InChI=1S/C15H24N2O4/c1-5-7-16-12(6-2)8-11-9-14(20-3)15(21-4)10-13(11)17(18)19/h9-10,12,16H,5-8H2,1-4H3. The molecule has 0 heterocycles. The van der Waals surface area contributed by atoms with Gasteiger partial charge in [-0.25, -0.2) is 0 Å². The second kappa shape index (κ2) is 8.46. The number of rotatable bonds is 9. The SMILES string of the molecule is CCCNC(CC)Cc1cc(OC)c(OC)cc1[N+](=O)[O-]. The zero-order valence-electron chi connectivity index (χ0n) is 13.1. The Morgan fingerprint density at radius 1 is 1.24 bits per heavy atom. The Bertz CT molecular complexity index is 477. The summed E-state index contributed by atoms with van der Waals surface area (Å²) in [7, 11) is 3.00.